The Labute approximate surface area is 160 Å². The number of hydrogen-bond donors (Lipinski definition) is 3. The summed E-state index contributed by atoms with van der Waals surface area (Å²) in [6.07, 6.45) is 0.484. The molecule has 0 aliphatic carbocycles. The smallest absolute Gasteiger partial charge is 0.261 e. The fourth-order valence-corrected chi connectivity index (χ4v) is 3.48. The first-order chi connectivity index (χ1) is 12.6. The molecule has 0 radical (unpaired) electrons. The third kappa shape index (κ3) is 5.80. The van der Waals surface area contributed by atoms with Crippen molar-refractivity contribution in [1.29, 1.82) is 0 Å². The Morgan fingerprint density at radius 3 is 2.11 bits per heavy atom. The molecule has 0 spiro atoms. The Hall–Kier alpha value is -2.38. The van der Waals surface area contributed by atoms with Crippen LogP contribution in [0.25, 0.3) is 0 Å². The van der Waals surface area contributed by atoms with Gasteiger partial charge in [0.2, 0.25) is 0 Å². The molecule has 0 aromatic heterocycles. The van der Waals surface area contributed by atoms with Crippen LogP contribution in [0.15, 0.2) is 53.4 Å². The van der Waals surface area contributed by atoms with E-state index in [0.717, 1.165) is 5.56 Å². The van der Waals surface area contributed by atoms with Crippen molar-refractivity contribution in [3.8, 4) is 0 Å². The second-order valence-electron chi connectivity index (χ2n) is 7.29. The van der Waals surface area contributed by atoms with E-state index in [1.165, 1.54) is 0 Å². The summed E-state index contributed by atoms with van der Waals surface area (Å²) in [7, 11) is -3.70. The van der Waals surface area contributed by atoms with E-state index in [0.29, 0.717) is 24.2 Å². The van der Waals surface area contributed by atoms with Gasteiger partial charge in [-0.25, -0.2) is 8.42 Å². The number of rotatable bonds is 7. The number of carbonyl (C=O) groups is 1. The van der Waals surface area contributed by atoms with Gasteiger partial charge in [0.1, 0.15) is 0 Å². The Morgan fingerprint density at radius 2 is 1.59 bits per heavy atom. The molecule has 2 aromatic rings. The molecule has 0 bridgehead atoms. The van der Waals surface area contributed by atoms with Crippen molar-refractivity contribution in [2.75, 3.05) is 17.9 Å². The first kappa shape index (κ1) is 20.9. The van der Waals surface area contributed by atoms with Gasteiger partial charge in [0.05, 0.1) is 4.90 Å². The highest BCUT2D eigenvalue weighted by Crippen LogP contribution is 2.24. The SMILES string of the molecule is CC(C)(C)c1ccc(S(=O)(=O)Nc2ccc(C(=O)NCCCO)cc2)cc1. The van der Waals surface area contributed by atoms with Gasteiger partial charge < -0.3 is 10.4 Å². The minimum Gasteiger partial charge on any atom is -0.396 e. The van der Waals surface area contributed by atoms with Crippen molar-refractivity contribution < 1.29 is 18.3 Å². The molecule has 0 atom stereocenters. The van der Waals surface area contributed by atoms with Gasteiger partial charge in [0, 0.05) is 24.4 Å². The Balaban J connectivity index is 2.08. The highest BCUT2D eigenvalue weighted by molar-refractivity contribution is 7.92. The van der Waals surface area contributed by atoms with Gasteiger partial charge in [-0.3, -0.25) is 9.52 Å². The quantitative estimate of drug-likeness (QED) is 0.634. The third-order valence-electron chi connectivity index (χ3n) is 4.05. The predicted molar refractivity (Wildman–Crippen MR) is 106 cm³/mol. The van der Waals surface area contributed by atoms with E-state index in [4.69, 9.17) is 5.11 Å². The lowest BCUT2D eigenvalue weighted by Crippen LogP contribution is -2.25. The fourth-order valence-electron chi connectivity index (χ4n) is 2.42. The van der Waals surface area contributed by atoms with Crippen molar-refractivity contribution in [3.05, 3.63) is 59.7 Å². The van der Waals surface area contributed by atoms with E-state index >= 15 is 0 Å². The van der Waals surface area contributed by atoms with Gasteiger partial charge in [-0.1, -0.05) is 32.9 Å². The molecule has 1 amide bonds. The molecule has 2 aromatic carbocycles. The first-order valence-electron chi connectivity index (χ1n) is 8.76. The van der Waals surface area contributed by atoms with Crippen molar-refractivity contribution in [2.24, 2.45) is 0 Å². The first-order valence-corrected chi connectivity index (χ1v) is 10.2. The molecule has 0 aliphatic heterocycles. The minimum absolute atomic E-state index is 0.0116. The summed E-state index contributed by atoms with van der Waals surface area (Å²) < 4.78 is 27.6. The van der Waals surface area contributed by atoms with E-state index in [-0.39, 0.29) is 22.8 Å². The maximum Gasteiger partial charge on any atom is 0.261 e. The maximum atomic E-state index is 12.5. The molecule has 0 fully saturated rings. The average Bonchev–Trinajstić information content (AvgIpc) is 2.61. The summed E-state index contributed by atoms with van der Waals surface area (Å²) in [5.74, 6) is -0.268. The topological polar surface area (TPSA) is 95.5 Å². The van der Waals surface area contributed by atoms with Gasteiger partial charge in [0.25, 0.3) is 15.9 Å². The number of sulfonamides is 1. The molecule has 0 saturated heterocycles. The fraction of sp³-hybridized carbons (Fsp3) is 0.350. The number of anilines is 1. The minimum atomic E-state index is -3.70. The van der Waals surface area contributed by atoms with Crippen LogP contribution < -0.4 is 10.0 Å². The van der Waals surface area contributed by atoms with Crippen LogP contribution in [0.2, 0.25) is 0 Å². The van der Waals surface area contributed by atoms with Gasteiger partial charge in [-0.15, -0.1) is 0 Å². The van der Waals surface area contributed by atoms with E-state index < -0.39 is 10.0 Å². The monoisotopic (exact) mass is 390 g/mol. The molecule has 7 heteroatoms. The van der Waals surface area contributed by atoms with E-state index in [1.54, 1.807) is 36.4 Å². The molecule has 3 N–H and O–H groups in total. The van der Waals surface area contributed by atoms with Crippen LogP contribution in [0.5, 0.6) is 0 Å². The van der Waals surface area contributed by atoms with Gasteiger partial charge in [-0.05, 0) is 53.8 Å². The Bertz CT molecular complexity index is 868. The zero-order valence-corrected chi connectivity index (χ0v) is 16.6. The second kappa shape index (κ2) is 8.54. The molecule has 0 heterocycles. The van der Waals surface area contributed by atoms with Gasteiger partial charge in [0.15, 0.2) is 0 Å². The Kier molecular flexibility index (Phi) is 6.62. The summed E-state index contributed by atoms with van der Waals surface area (Å²) in [6, 6.07) is 13.0. The van der Waals surface area contributed by atoms with Crippen LogP contribution in [-0.2, 0) is 15.4 Å². The zero-order valence-electron chi connectivity index (χ0n) is 15.8. The average molecular weight is 391 g/mol. The molecule has 146 valence electrons. The van der Waals surface area contributed by atoms with E-state index in [9.17, 15) is 13.2 Å². The van der Waals surface area contributed by atoms with Crippen LogP contribution in [-0.4, -0.2) is 32.6 Å². The zero-order chi connectivity index (χ0) is 20.1. The molecule has 27 heavy (non-hydrogen) atoms. The third-order valence-corrected chi connectivity index (χ3v) is 5.45. The number of hydrogen-bond acceptors (Lipinski definition) is 4. The number of amides is 1. The number of benzene rings is 2. The summed E-state index contributed by atoms with van der Waals surface area (Å²) in [4.78, 5) is 12.1. The summed E-state index contributed by atoms with van der Waals surface area (Å²) >= 11 is 0. The van der Waals surface area contributed by atoms with Crippen molar-refractivity contribution in [3.63, 3.8) is 0 Å². The van der Waals surface area contributed by atoms with Crippen LogP contribution in [0.1, 0.15) is 43.1 Å². The highest BCUT2D eigenvalue weighted by Gasteiger charge is 2.18. The van der Waals surface area contributed by atoms with Crippen LogP contribution in [0.3, 0.4) is 0 Å². The lowest BCUT2D eigenvalue weighted by atomic mass is 9.87. The van der Waals surface area contributed by atoms with Crippen LogP contribution >= 0.6 is 0 Å². The second-order valence-corrected chi connectivity index (χ2v) is 8.97. The standard InChI is InChI=1S/C20H26N2O4S/c1-20(2,3)16-7-11-18(12-8-16)27(25,26)22-17-9-5-15(6-10-17)19(24)21-13-4-14-23/h5-12,22-23H,4,13-14H2,1-3H3,(H,21,24). The van der Waals surface area contributed by atoms with Crippen molar-refractivity contribution >= 4 is 21.6 Å². The molecule has 0 unspecified atom stereocenters. The van der Waals surface area contributed by atoms with Crippen molar-refractivity contribution in [2.45, 2.75) is 37.5 Å². The van der Waals surface area contributed by atoms with Crippen LogP contribution in [0, 0.1) is 0 Å². The summed E-state index contributed by atoms with van der Waals surface area (Å²) in [5, 5.41) is 11.4. The van der Waals surface area contributed by atoms with Crippen molar-refractivity contribution in [1.82, 2.24) is 5.32 Å². The molecular weight excluding hydrogens is 364 g/mol. The lowest BCUT2D eigenvalue weighted by molar-refractivity contribution is 0.0951. The molecular formula is C20H26N2O4S. The Morgan fingerprint density at radius 1 is 1.00 bits per heavy atom. The summed E-state index contributed by atoms with van der Waals surface area (Å²) in [5.41, 5.74) is 1.80. The predicted octanol–water partition coefficient (Wildman–Crippen LogP) is 2.90. The number of carbonyl (C=O) groups excluding carboxylic acids is 1. The van der Waals surface area contributed by atoms with Gasteiger partial charge >= 0.3 is 0 Å². The normalized spacial score (nSPS) is 11.9. The number of aliphatic hydroxyl groups excluding tert-OH is 1. The number of aliphatic hydroxyl groups is 1. The largest absolute Gasteiger partial charge is 0.396 e. The van der Waals surface area contributed by atoms with E-state index in [2.05, 4.69) is 30.8 Å². The molecule has 0 aliphatic rings. The molecule has 6 nitrogen and oxygen atoms in total. The van der Waals surface area contributed by atoms with E-state index in [1.807, 2.05) is 12.1 Å². The highest BCUT2D eigenvalue weighted by atomic mass is 32.2. The maximum absolute atomic E-state index is 12.5. The summed E-state index contributed by atoms with van der Waals surface area (Å²) in [6.45, 7) is 6.59. The lowest BCUT2D eigenvalue weighted by Gasteiger charge is -2.19. The van der Waals surface area contributed by atoms with Gasteiger partial charge in [-0.2, -0.15) is 0 Å². The number of nitrogens with one attached hydrogen (secondary N) is 2. The molecule has 0 saturated carbocycles. The molecule has 2 rings (SSSR count). The van der Waals surface area contributed by atoms with Crippen LogP contribution in [0.4, 0.5) is 5.69 Å².